The summed E-state index contributed by atoms with van der Waals surface area (Å²) in [6.45, 7) is 4.38. The first kappa shape index (κ1) is 13.4. The topological polar surface area (TPSA) is 55.6 Å². The zero-order valence-corrected chi connectivity index (χ0v) is 12.0. The van der Waals surface area contributed by atoms with Gasteiger partial charge < -0.3 is 15.4 Å². The van der Waals surface area contributed by atoms with E-state index in [1.165, 1.54) is 0 Å². The smallest absolute Gasteiger partial charge is 0.253 e. The number of carbonyl (C=O) groups is 1. The van der Waals surface area contributed by atoms with E-state index >= 15 is 0 Å². The maximum absolute atomic E-state index is 12.6. The number of piperidine rings is 1. The predicted molar refractivity (Wildman–Crippen MR) is 77.9 cm³/mol. The van der Waals surface area contributed by atoms with Crippen LogP contribution in [0.4, 0.5) is 0 Å². The molecule has 0 radical (unpaired) electrons. The molecule has 2 N–H and O–H groups in total. The van der Waals surface area contributed by atoms with Crippen LogP contribution in [0.25, 0.3) is 0 Å². The minimum Gasteiger partial charge on any atom is -0.493 e. The molecule has 0 bridgehead atoms. The van der Waals surface area contributed by atoms with Crippen LogP contribution in [0, 0.1) is 5.92 Å². The third kappa shape index (κ3) is 2.52. The molecule has 108 valence electrons. The number of likely N-dealkylation sites (tertiary alicyclic amines) is 1. The van der Waals surface area contributed by atoms with Crippen molar-refractivity contribution in [2.45, 2.75) is 32.2 Å². The summed E-state index contributed by atoms with van der Waals surface area (Å²) >= 11 is 0. The molecule has 1 amide bonds. The average Bonchev–Trinajstić information content (AvgIpc) is 2.94. The number of rotatable bonds is 2. The van der Waals surface area contributed by atoms with E-state index < -0.39 is 0 Å². The van der Waals surface area contributed by atoms with E-state index in [0.29, 0.717) is 5.92 Å². The van der Waals surface area contributed by atoms with Gasteiger partial charge in [-0.1, -0.05) is 0 Å². The number of ether oxygens (including phenoxy) is 1. The van der Waals surface area contributed by atoms with E-state index in [-0.39, 0.29) is 11.9 Å². The molecule has 1 aromatic carbocycles. The number of hydrogen-bond acceptors (Lipinski definition) is 3. The van der Waals surface area contributed by atoms with Crippen molar-refractivity contribution in [2.75, 3.05) is 19.7 Å². The molecule has 0 unspecified atom stereocenters. The molecule has 1 saturated heterocycles. The van der Waals surface area contributed by atoms with Gasteiger partial charge in [-0.15, -0.1) is 0 Å². The lowest BCUT2D eigenvalue weighted by molar-refractivity contribution is 0.0661. The van der Waals surface area contributed by atoms with E-state index in [1.54, 1.807) is 0 Å². The minimum atomic E-state index is 0.130. The van der Waals surface area contributed by atoms with Crippen LogP contribution in [0.5, 0.6) is 5.75 Å². The zero-order chi connectivity index (χ0) is 14.1. The van der Waals surface area contributed by atoms with Crippen molar-refractivity contribution in [3.63, 3.8) is 0 Å². The number of hydrogen-bond donors (Lipinski definition) is 1. The lowest BCUT2D eigenvalue weighted by atomic mass is 9.91. The van der Waals surface area contributed by atoms with Gasteiger partial charge in [0.25, 0.3) is 5.91 Å². The Bertz CT molecular complexity index is 513. The highest BCUT2D eigenvalue weighted by molar-refractivity contribution is 5.94. The molecule has 4 nitrogen and oxygen atoms in total. The van der Waals surface area contributed by atoms with Crippen LogP contribution < -0.4 is 10.5 Å². The lowest BCUT2D eigenvalue weighted by Gasteiger charge is -2.34. The van der Waals surface area contributed by atoms with Crippen molar-refractivity contribution >= 4 is 5.91 Å². The quantitative estimate of drug-likeness (QED) is 0.895. The summed E-state index contributed by atoms with van der Waals surface area (Å²) in [5.74, 6) is 1.48. The number of fused-ring (bicyclic) bond motifs is 1. The Morgan fingerprint density at radius 3 is 3.15 bits per heavy atom. The molecule has 0 spiro atoms. The molecular weight excluding hydrogens is 252 g/mol. The van der Waals surface area contributed by atoms with Gasteiger partial charge in [0, 0.05) is 31.1 Å². The fourth-order valence-corrected chi connectivity index (χ4v) is 3.13. The van der Waals surface area contributed by atoms with Gasteiger partial charge in [0.05, 0.1) is 6.61 Å². The summed E-state index contributed by atoms with van der Waals surface area (Å²) in [4.78, 5) is 14.6. The Labute approximate surface area is 119 Å². The molecule has 0 aromatic heterocycles. The Hall–Kier alpha value is -1.55. The molecular formula is C16H22N2O2. The normalized spacial score (nSPS) is 23.1. The summed E-state index contributed by atoms with van der Waals surface area (Å²) in [5.41, 5.74) is 7.91. The van der Waals surface area contributed by atoms with Gasteiger partial charge in [0.1, 0.15) is 5.75 Å². The molecule has 0 saturated carbocycles. The largest absolute Gasteiger partial charge is 0.493 e. The SMILES string of the molecule is C[C@H](N)[C@H]1CCCN(C(=O)c2ccc3c(c2)CCO3)C1. The monoisotopic (exact) mass is 274 g/mol. The molecule has 20 heavy (non-hydrogen) atoms. The molecule has 1 aromatic rings. The highest BCUT2D eigenvalue weighted by Crippen LogP contribution is 2.27. The Morgan fingerprint density at radius 1 is 1.50 bits per heavy atom. The second kappa shape index (κ2) is 5.44. The van der Waals surface area contributed by atoms with Crippen molar-refractivity contribution < 1.29 is 9.53 Å². The lowest BCUT2D eigenvalue weighted by Crippen LogP contribution is -2.45. The first-order chi connectivity index (χ1) is 9.65. The predicted octanol–water partition coefficient (Wildman–Crippen LogP) is 1.82. The number of amides is 1. The second-order valence-corrected chi connectivity index (χ2v) is 5.93. The summed E-state index contributed by atoms with van der Waals surface area (Å²) in [7, 11) is 0. The summed E-state index contributed by atoms with van der Waals surface area (Å²) in [5, 5.41) is 0. The highest BCUT2D eigenvalue weighted by atomic mass is 16.5. The molecule has 0 aliphatic carbocycles. The van der Waals surface area contributed by atoms with Gasteiger partial charge in [-0.2, -0.15) is 0 Å². The van der Waals surface area contributed by atoms with E-state index in [9.17, 15) is 4.79 Å². The van der Waals surface area contributed by atoms with Crippen LogP contribution in [0.15, 0.2) is 18.2 Å². The third-order valence-electron chi connectivity index (χ3n) is 4.43. The molecule has 2 atom stereocenters. The van der Waals surface area contributed by atoms with Crippen molar-refractivity contribution in [2.24, 2.45) is 11.7 Å². The number of carbonyl (C=O) groups excluding carboxylic acids is 1. The highest BCUT2D eigenvalue weighted by Gasteiger charge is 2.27. The first-order valence-corrected chi connectivity index (χ1v) is 7.46. The van der Waals surface area contributed by atoms with E-state index in [1.807, 2.05) is 30.0 Å². The first-order valence-electron chi connectivity index (χ1n) is 7.46. The zero-order valence-electron chi connectivity index (χ0n) is 12.0. The van der Waals surface area contributed by atoms with Gasteiger partial charge >= 0.3 is 0 Å². The van der Waals surface area contributed by atoms with Crippen LogP contribution in [-0.4, -0.2) is 36.5 Å². The van der Waals surface area contributed by atoms with E-state index in [0.717, 1.165) is 55.8 Å². The fraction of sp³-hybridized carbons (Fsp3) is 0.562. The third-order valence-corrected chi connectivity index (χ3v) is 4.43. The summed E-state index contributed by atoms with van der Waals surface area (Å²) in [6, 6.07) is 5.93. The molecule has 1 fully saturated rings. The standard InChI is InChI=1S/C16H22N2O2/c1-11(17)14-3-2-7-18(10-14)16(19)13-4-5-15-12(9-13)6-8-20-15/h4-5,9,11,14H,2-3,6-8,10,17H2,1H3/t11-,14-/m0/s1. The van der Waals surface area contributed by atoms with Crippen LogP contribution in [-0.2, 0) is 6.42 Å². The van der Waals surface area contributed by atoms with Crippen molar-refractivity contribution in [3.05, 3.63) is 29.3 Å². The van der Waals surface area contributed by atoms with Gasteiger partial charge in [0.15, 0.2) is 0 Å². The number of nitrogens with two attached hydrogens (primary N) is 1. The second-order valence-electron chi connectivity index (χ2n) is 5.93. The van der Waals surface area contributed by atoms with Crippen LogP contribution in [0.3, 0.4) is 0 Å². The van der Waals surface area contributed by atoms with Gasteiger partial charge in [0.2, 0.25) is 0 Å². The van der Waals surface area contributed by atoms with Crippen LogP contribution >= 0.6 is 0 Å². The molecule has 2 aliphatic rings. The molecule has 2 heterocycles. The number of benzene rings is 1. The molecule has 4 heteroatoms. The average molecular weight is 274 g/mol. The summed E-state index contributed by atoms with van der Waals surface area (Å²) < 4.78 is 5.49. The maximum Gasteiger partial charge on any atom is 0.253 e. The van der Waals surface area contributed by atoms with Crippen molar-refractivity contribution in [1.29, 1.82) is 0 Å². The minimum absolute atomic E-state index is 0.130. The van der Waals surface area contributed by atoms with E-state index in [2.05, 4.69) is 0 Å². The number of nitrogens with zero attached hydrogens (tertiary/aromatic N) is 1. The Kier molecular flexibility index (Phi) is 3.66. The van der Waals surface area contributed by atoms with Crippen molar-refractivity contribution in [1.82, 2.24) is 4.90 Å². The molecule has 2 aliphatic heterocycles. The Balaban J connectivity index is 1.75. The van der Waals surface area contributed by atoms with Gasteiger partial charge in [-0.05, 0) is 49.4 Å². The Morgan fingerprint density at radius 2 is 2.35 bits per heavy atom. The van der Waals surface area contributed by atoms with E-state index in [4.69, 9.17) is 10.5 Å². The van der Waals surface area contributed by atoms with Gasteiger partial charge in [-0.25, -0.2) is 0 Å². The maximum atomic E-state index is 12.6. The van der Waals surface area contributed by atoms with Crippen LogP contribution in [0.2, 0.25) is 0 Å². The van der Waals surface area contributed by atoms with Crippen molar-refractivity contribution in [3.8, 4) is 5.75 Å². The fourth-order valence-electron chi connectivity index (χ4n) is 3.13. The molecule has 3 rings (SSSR count). The summed E-state index contributed by atoms with van der Waals surface area (Å²) in [6.07, 6.45) is 3.07. The van der Waals surface area contributed by atoms with Gasteiger partial charge in [-0.3, -0.25) is 4.79 Å². The van der Waals surface area contributed by atoms with Crippen LogP contribution in [0.1, 0.15) is 35.7 Å².